The highest BCUT2D eigenvalue weighted by Crippen LogP contribution is 2.23. The van der Waals surface area contributed by atoms with Crippen molar-refractivity contribution < 1.29 is 9.53 Å². The highest BCUT2D eigenvalue weighted by molar-refractivity contribution is 6.35. The number of hydrogen-bond donors (Lipinski definition) is 1. The van der Waals surface area contributed by atoms with E-state index in [-0.39, 0.29) is 12.5 Å². The summed E-state index contributed by atoms with van der Waals surface area (Å²) in [6, 6.07) is 14.0. The first-order valence-corrected chi connectivity index (χ1v) is 6.66. The number of rotatable bonds is 4. The summed E-state index contributed by atoms with van der Waals surface area (Å²) in [5.41, 5.74) is 1.84. The monoisotopic (exact) mass is 300 g/mol. The van der Waals surface area contributed by atoms with Gasteiger partial charge in [-0.3, -0.25) is 4.79 Å². The third-order valence-electron chi connectivity index (χ3n) is 2.83. The Kier molecular flexibility index (Phi) is 4.81. The van der Waals surface area contributed by atoms with Crippen LogP contribution in [0.5, 0.6) is 5.75 Å². The fraction of sp³-hybridized carbons (Fsp3) is 0.125. The summed E-state index contributed by atoms with van der Waals surface area (Å²) in [6.45, 7) is 1.80. The number of carbonyl (C=O) groups is 1. The Bertz CT molecular complexity index is 708. The van der Waals surface area contributed by atoms with Crippen LogP contribution in [0.3, 0.4) is 0 Å². The number of hydrogen-bond acceptors (Lipinski definition) is 3. The minimum Gasteiger partial charge on any atom is -0.479 e. The number of nitriles is 1. The Balaban J connectivity index is 2.16. The summed E-state index contributed by atoms with van der Waals surface area (Å²) in [7, 11) is 0. The van der Waals surface area contributed by atoms with E-state index in [4.69, 9.17) is 21.6 Å². The molecule has 0 fully saturated rings. The van der Waals surface area contributed by atoms with E-state index in [0.717, 1.165) is 5.56 Å². The highest BCUT2D eigenvalue weighted by atomic mass is 35.5. The van der Waals surface area contributed by atoms with Crippen molar-refractivity contribution in [3.8, 4) is 11.8 Å². The van der Waals surface area contributed by atoms with Crippen LogP contribution in [0.1, 0.15) is 15.9 Å². The second-order valence-electron chi connectivity index (χ2n) is 4.37. The highest BCUT2D eigenvalue weighted by Gasteiger charge is 2.12. The summed E-state index contributed by atoms with van der Waals surface area (Å²) < 4.78 is 5.19. The van der Waals surface area contributed by atoms with Gasteiger partial charge in [0.2, 0.25) is 0 Å². The molecule has 4 nitrogen and oxygen atoms in total. The molecular formula is C16H13ClN2O2. The van der Waals surface area contributed by atoms with Gasteiger partial charge < -0.3 is 10.1 Å². The molecule has 2 rings (SSSR count). The minimum atomic E-state index is -0.291. The first-order chi connectivity index (χ1) is 10.1. The summed E-state index contributed by atoms with van der Waals surface area (Å²) in [5.74, 6) is 0.228. The van der Waals surface area contributed by atoms with Crippen molar-refractivity contribution >= 4 is 23.2 Å². The van der Waals surface area contributed by atoms with Crippen LogP contribution >= 0.6 is 11.6 Å². The van der Waals surface area contributed by atoms with Crippen molar-refractivity contribution in [2.45, 2.75) is 6.92 Å². The lowest BCUT2D eigenvalue weighted by molar-refractivity contribution is 0.102. The summed E-state index contributed by atoms with van der Waals surface area (Å²) in [4.78, 5) is 12.2. The van der Waals surface area contributed by atoms with Crippen LogP contribution in [-0.4, -0.2) is 12.5 Å². The average molecular weight is 301 g/mol. The van der Waals surface area contributed by atoms with E-state index in [9.17, 15) is 4.79 Å². The Morgan fingerprint density at radius 1 is 1.33 bits per heavy atom. The molecule has 5 heteroatoms. The van der Waals surface area contributed by atoms with E-state index >= 15 is 0 Å². The standard InChI is InChI=1S/C16H13ClN2O2/c1-11-4-2-7-14(15(11)17)16(20)19-12-5-3-6-13(10-12)21-9-8-18/h2-7,10H,9H2,1H3,(H,19,20). The quantitative estimate of drug-likeness (QED) is 0.934. The van der Waals surface area contributed by atoms with Gasteiger partial charge in [-0.2, -0.15) is 5.26 Å². The summed E-state index contributed by atoms with van der Waals surface area (Å²) in [6.07, 6.45) is 0. The Labute approximate surface area is 127 Å². The van der Waals surface area contributed by atoms with Gasteiger partial charge in [0.25, 0.3) is 5.91 Å². The van der Waals surface area contributed by atoms with Gasteiger partial charge in [-0.25, -0.2) is 0 Å². The molecule has 1 amide bonds. The van der Waals surface area contributed by atoms with E-state index in [1.54, 1.807) is 36.4 Å². The van der Waals surface area contributed by atoms with Gasteiger partial charge in [-0.1, -0.05) is 29.8 Å². The molecule has 106 valence electrons. The first kappa shape index (κ1) is 14.9. The number of halogens is 1. The smallest absolute Gasteiger partial charge is 0.257 e. The van der Waals surface area contributed by atoms with E-state index in [1.165, 1.54) is 0 Å². The van der Waals surface area contributed by atoms with Crippen molar-refractivity contribution in [1.29, 1.82) is 5.26 Å². The molecule has 0 aliphatic rings. The van der Waals surface area contributed by atoms with Gasteiger partial charge in [-0.05, 0) is 30.7 Å². The van der Waals surface area contributed by atoms with Gasteiger partial charge in [-0.15, -0.1) is 0 Å². The number of nitrogens with one attached hydrogen (secondary N) is 1. The fourth-order valence-corrected chi connectivity index (χ4v) is 2.01. The maximum Gasteiger partial charge on any atom is 0.257 e. The average Bonchev–Trinajstić information content (AvgIpc) is 2.48. The number of carbonyl (C=O) groups excluding carboxylic acids is 1. The lowest BCUT2D eigenvalue weighted by Crippen LogP contribution is -2.12. The van der Waals surface area contributed by atoms with Crippen molar-refractivity contribution in [1.82, 2.24) is 0 Å². The van der Waals surface area contributed by atoms with Crippen LogP contribution < -0.4 is 10.1 Å². The molecule has 0 bridgehead atoms. The zero-order valence-electron chi connectivity index (χ0n) is 11.4. The number of anilines is 1. The summed E-state index contributed by atoms with van der Waals surface area (Å²) in [5, 5.41) is 11.7. The van der Waals surface area contributed by atoms with Gasteiger partial charge in [0.1, 0.15) is 11.8 Å². The molecule has 0 aliphatic heterocycles. The van der Waals surface area contributed by atoms with Crippen molar-refractivity contribution in [2.75, 3.05) is 11.9 Å². The second kappa shape index (κ2) is 6.78. The maximum absolute atomic E-state index is 12.2. The van der Waals surface area contributed by atoms with Crippen molar-refractivity contribution in [3.05, 3.63) is 58.6 Å². The predicted octanol–water partition coefficient (Wildman–Crippen LogP) is 3.80. The molecule has 0 saturated carbocycles. The Morgan fingerprint density at radius 3 is 2.86 bits per heavy atom. The topological polar surface area (TPSA) is 62.1 Å². The minimum absolute atomic E-state index is 0.0406. The molecule has 1 N–H and O–H groups in total. The molecule has 2 aromatic carbocycles. The van der Waals surface area contributed by atoms with Gasteiger partial charge in [0.15, 0.2) is 6.61 Å². The number of ether oxygens (including phenoxy) is 1. The Hall–Kier alpha value is -2.51. The van der Waals surface area contributed by atoms with Crippen LogP contribution in [0.4, 0.5) is 5.69 Å². The SMILES string of the molecule is Cc1cccc(C(=O)Nc2cccc(OCC#N)c2)c1Cl. The van der Waals surface area contributed by atoms with Gasteiger partial charge >= 0.3 is 0 Å². The molecule has 0 atom stereocenters. The number of nitrogens with zero attached hydrogens (tertiary/aromatic N) is 1. The third kappa shape index (κ3) is 3.74. The molecule has 0 saturated heterocycles. The summed E-state index contributed by atoms with van der Waals surface area (Å²) >= 11 is 6.13. The van der Waals surface area contributed by atoms with Crippen LogP contribution in [0.15, 0.2) is 42.5 Å². The first-order valence-electron chi connectivity index (χ1n) is 6.28. The van der Waals surface area contributed by atoms with Gasteiger partial charge in [0, 0.05) is 11.8 Å². The lowest BCUT2D eigenvalue weighted by Gasteiger charge is -2.09. The zero-order valence-corrected chi connectivity index (χ0v) is 12.1. The molecule has 0 aromatic heterocycles. The molecule has 0 heterocycles. The van der Waals surface area contributed by atoms with Crippen LogP contribution in [-0.2, 0) is 0 Å². The van der Waals surface area contributed by atoms with Crippen molar-refractivity contribution in [2.24, 2.45) is 0 Å². The zero-order chi connectivity index (χ0) is 15.2. The molecular weight excluding hydrogens is 288 g/mol. The predicted molar refractivity (Wildman–Crippen MR) is 81.7 cm³/mol. The normalized spacial score (nSPS) is 9.76. The number of benzene rings is 2. The second-order valence-corrected chi connectivity index (χ2v) is 4.74. The lowest BCUT2D eigenvalue weighted by atomic mass is 10.1. The maximum atomic E-state index is 12.2. The molecule has 0 spiro atoms. The molecule has 2 aromatic rings. The van der Waals surface area contributed by atoms with Crippen LogP contribution in [0, 0.1) is 18.3 Å². The van der Waals surface area contributed by atoms with E-state index in [2.05, 4.69) is 5.32 Å². The molecule has 0 radical (unpaired) electrons. The van der Waals surface area contributed by atoms with Crippen LogP contribution in [0.25, 0.3) is 0 Å². The molecule has 0 unspecified atom stereocenters. The molecule has 21 heavy (non-hydrogen) atoms. The number of aryl methyl sites for hydroxylation is 1. The Morgan fingerprint density at radius 2 is 2.10 bits per heavy atom. The van der Waals surface area contributed by atoms with E-state index < -0.39 is 0 Å². The largest absolute Gasteiger partial charge is 0.479 e. The van der Waals surface area contributed by atoms with Gasteiger partial charge in [0.05, 0.1) is 10.6 Å². The van der Waals surface area contributed by atoms with E-state index in [1.807, 2.05) is 19.1 Å². The molecule has 0 aliphatic carbocycles. The fourth-order valence-electron chi connectivity index (χ4n) is 1.80. The van der Waals surface area contributed by atoms with Crippen LogP contribution in [0.2, 0.25) is 5.02 Å². The number of amides is 1. The van der Waals surface area contributed by atoms with Crippen molar-refractivity contribution in [3.63, 3.8) is 0 Å². The van der Waals surface area contributed by atoms with E-state index in [0.29, 0.717) is 22.0 Å². The third-order valence-corrected chi connectivity index (χ3v) is 3.33.